The first kappa shape index (κ1) is 17.4. The topological polar surface area (TPSA) is 69.6 Å². The first-order valence-electron chi connectivity index (χ1n) is 9.30. The molecule has 0 unspecified atom stereocenters. The molecule has 0 aliphatic carbocycles. The lowest BCUT2D eigenvalue weighted by Gasteiger charge is -2.36. The third kappa shape index (κ3) is 3.74. The molecule has 2 heterocycles. The molecule has 1 N–H and O–H groups in total. The van der Waals surface area contributed by atoms with E-state index in [9.17, 15) is 9.59 Å². The van der Waals surface area contributed by atoms with Crippen LogP contribution in [0.15, 0.2) is 51.7 Å². The normalized spacial score (nSPS) is 14.7. The number of aromatic nitrogens is 1. The summed E-state index contributed by atoms with van der Waals surface area (Å²) in [6.45, 7) is 5.08. The van der Waals surface area contributed by atoms with Gasteiger partial charge in [0.25, 0.3) is 0 Å². The van der Waals surface area contributed by atoms with Crippen molar-refractivity contribution in [2.45, 2.75) is 19.8 Å². The molecule has 0 atom stereocenters. The van der Waals surface area contributed by atoms with Crippen molar-refractivity contribution in [3.05, 3.63) is 64.1 Å². The fourth-order valence-corrected chi connectivity index (χ4v) is 3.64. The van der Waals surface area contributed by atoms with Crippen LogP contribution >= 0.6 is 0 Å². The second-order valence-electron chi connectivity index (χ2n) is 6.99. The van der Waals surface area contributed by atoms with E-state index in [-0.39, 0.29) is 5.91 Å². The van der Waals surface area contributed by atoms with Crippen LogP contribution in [0.2, 0.25) is 0 Å². The molecule has 0 radical (unpaired) electrons. The van der Waals surface area contributed by atoms with Gasteiger partial charge < -0.3 is 14.2 Å². The maximum Gasteiger partial charge on any atom is 0.417 e. The summed E-state index contributed by atoms with van der Waals surface area (Å²) in [6.07, 6.45) is 1.34. The zero-order chi connectivity index (χ0) is 18.8. The third-order valence-corrected chi connectivity index (χ3v) is 5.27. The number of fused-ring (bicyclic) bond motifs is 1. The van der Waals surface area contributed by atoms with Gasteiger partial charge in [-0.15, -0.1) is 0 Å². The van der Waals surface area contributed by atoms with Crippen molar-refractivity contribution in [3.8, 4) is 0 Å². The van der Waals surface area contributed by atoms with Crippen LogP contribution in [0.1, 0.15) is 17.5 Å². The van der Waals surface area contributed by atoms with Crippen LogP contribution < -0.4 is 10.7 Å². The summed E-state index contributed by atoms with van der Waals surface area (Å²) in [5.74, 6) is -0.223. The Morgan fingerprint density at radius 1 is 1.11 bits per heavy atom. The molecule has 6 heteroatoms. The van der Waals surface area contributed by atoms with Crippen molar-refractivity contribution in [1.82, 2.24) is 9.88 Å². The largest absolute Gasteiger partial charge is 0.417 e. The van der Waals surface area contributed by atoms with Crippen LogP contribution in [0.3, 0.4) is 0 Å². The number of amides is 1. The number of H-pyrrole nitrogens is 1. The van der Waals surface area contributed by atoms with Gasteiger partial charge in [-0.2, -0.15) is 0 Å². The van der Waals surface area contributed by atoms with E-state index in [0.717, 1.165) is 25.2 Å². The van der Waals surface area contributed by atoms with E-state index in [1.807, 2.05) is 35.2 Å². The number of rotatable bonds is 4. The number of nitrogens with one attached hydrogen (secondary N) is 1. The standard InChI is InChI=1S/C21H23N3O3/c1-15-4-2-3-5-16(15)6-9-20(25)24-12-10-23(11-13-24)17-7-8-19-18(14-17)22-21(26)27-19/h2-5,7-8,14H,6,9-13H2,1H3,(H,22,26). The molecule has 3 aromatic rings. The van der Waals surface area contributed by atoms with Crippen molar-refractivity contribution in [2.75, 3.05) is 31.1 Å². The summed E-state index contributed by atoms with van der Waals surface area (Å²) >= 11 is 0. The molecule has 4 rings (SSSR count). The fourth-order valence-electron chi connectivity index (χ4n) is 3.64. The average Bonchev–Trinajstić information content (AvgIpc) is 3.06. The minimum absolute atomic E-state index is 0.215. The first-order valence-corrected chi connectivity index (χ1v) is 9.30. The van der Waals surface area contributed by atoms with Gasteiger partial charge in [0, 0.05) is 38.3 Å². The lowest BCUT2D eigenvalue weighted by molar-refractivity contribution is -0.131. The van der Waals surface area contributed by atoms with Crippen LogP contribution in [0.25, 0.3) is 11.1 Å². The molecular weight excluding hydrogens is 342 g/mol. The van der Waals surface area contributed by atoms with Gasteiger partial charge in [-0.3, -0.25) is 9.78 Å². The molecule has 27 heavy (non-hydrogen) atoms. The van der Waals surface area contributed by atoms with Crippen molar-refractivity contribution >= 4 is 22.7 Å². The third-order valence-electron chi connectivity index (χ3n) is 5.27. The summed E-state index contributed by atoms with van der Waals surface area (Å²) in [7, 11) is 0. The van der Waals surface area contributed by atoms with Gasteiger partial charge in [0.15, 0.2) is 5.58 Å². The van der Waals surface area contributed by atoms with Gasteiger partial charge in [-0.1, -0.05) is 24.3 Å². The Kier molecular flexibility index (Phi) is 4.71. The minimum Gasteiger partial charge on any atom is -0.408 e. The molecule has 1 amide bonds. The molecule has 0 bridgehead atoms. The van der Waals surface area contributed by atoms with Gasteiger partial charge in [0.05, 0.1) is 5.52 Å². The van der Waals surface area contributed by atoms with E-state index in [2.05, 4.69) is 28.9 Å². The van der Waals surface area contributed by atoms with E-state index < -0.39 is 5.76 Å². The summed E-state index contributed by atoms with van der Waals surface area (Å²) in [4.78, 5) is 30.7. The number of anilines is 1. The summed E-state index contributed by atoms with van der Waals surface area (Å²) in [5, 5.41) is 0. The van der Waals surface area contributed by atoms with Crippen molar-refractivity contribution < 1.29 is 9.21 Å². The van der Waals surface area contributed by atoms with Crippen molar-refractivity contribution in [1.29, 1.82) is 0 Å². The number of piperazine rings is 1. The van der Waals surface area contributed by atoms with Gasteiger partial charge in [-0.05, 0) is 42.7 Å². The zero-order valence-corrected chi connectivity index (χ0v) is 15.4. The Labute approximate surface area is 157 Å². The Hall–Kier alpha value is -3.02. The highest BCUT2D eigenvalue weighted by Gasteiger charge is 2.21. The quantitative estimate of drug-likeness (QED) is 0.772. The second-order valence-corrected chi connectivity index (χ2v) is 6.99. The lowest BCUT2D eigenvalue weighted by atomic mass is 10.0. The molecule has 6 nitrogen and oxygen atoms in total. The van der Waals surface area contributed by atoms with Gasteiger partial charge in [0.1, 0.15) is 0 Å². The molecule has 0 saturated carbocycles. The van der Waals surface area contributed by atoms with Crippen LogP contribution in [0, 0.1) is 6.92 Å². The van der Waals surface area contributed by atoms with Gasteiger partial charge >= 0.3 is 5.76 Å². The summed E-state index contributed by atoms with van der Waals surface area (Å²) in [5.41, 5.74) is 4.78. The number of aromatic amines is 1. The monoisotopic (exact) mass is 365 g/mol. The SMILES string of the molecule is Cc1ccccc1CCC(=O)N1CCN(c2ccc3oc(=O)[nH]c3c2)CC1. The van der Waals surface area contributed by atoms with Gasteiger partial charge in [-0.25, -0.2) is 4.79 Å². The highest BCUT2D eigenvalue weighted by atomic mass is 16.4. The number of carbonyl (C=O) groups excluding carboxylic acids is 1. The number of nitrogens with zero attached hydrogens (tertiary/aromatic N) is 2. The van der Waals surface area contributed by atoms with E-state index in [0.29, 0.717) is 30.6 Å². The van der Waals surface area contributed by atoms with E-state index >= 15 is 0 Å². The summed E-state index contributed by atoms with van der Waals surface area (Å²) < 4.78 is 5.05. The molecule has 140 valence electrons. The Bertz CT molecular complexity index is 1010. The van der Waals surface area contributed by atoms with Crippen molar-refractivity contribution in [2.24, 2.45) is 0 Å². The molecule has 1 aromatic heterocycles. The molecule has 1 aliphatic rings. The Morgan fingerprint density at radius 2 is 1.89 bits per heavy atom. The maximum absolute atomic E-state index is 12.6. The van der Waals surface area contributed by atoms with Gasteiger partial charge in [0.2, 0.25) is 5.91 Å². The lowest BCUT2D eigenvalue weighted by Crippen LogP contribution is -2.48. The predicted octanol–water partition coefficient (Wildman–Crippen LogP) is 2.71. The smallest absolute Gasteiger partial charge is 0.408 e. The molecular formula is C21H23N3O3. The Morgan fingerprint density at radius 3 is 2.67 bits per heavy atom. The number of hydrogen-bond donors (Lipinski definition) is 1. The predicted molar refractivity (Wildman–Crippen MR) is 105 cm³/mol. The van der Waals surface area contributed by atoms with Crippen LogP contribution in [-0.2, 0) is 11.2 Å². The Balaban J connectivity index is 1.34. The highest BCUT2D eigenvalue weighted by molar-refractivity contribution is 5.78. The first-order chi connectivity index (χ1) is 13.1. The summed E-state index contributed by atoms with van der Waals surface area (Å²) in [6, 6.07) is 13.9. The van der Waals surface area contributed by atoms with E-state index in [4.69, 9.17) is 4.42 Å². The van der Waals surface area contributed by atoms with Crippen molar-refractivity contribution in [3.63, 3.8) is 0 Å². The van der Waals surface area contributed by atoms with Crippen LogP contribution in [-0.4, -0.2) is 42.0 Å². The van der Waals surface area contributed by atoms with E-state index in [1.54, 1.807) is 0 Å². The number of benzene rings is 2. The zero-order valence-electron chi connectivity index (χ0n) is 15.4. The number of aryl methyl sites for hydroxylation is 2. The molecule has 1 aliphatic heterocycles. The maximum atomic E-state index is 12.6. The number of carbonyl (C=O) groups is 1. The van der Waals surface area contributed by atoms with E-state index in [1.165, 1.54) is 11.1 Å². The molecule has 2 aromatic carbocycles. The van der Waals surface area contributed by atoms with Crippen LogP contribution in [0.5, 0.6) is 0 Å². The fraction of sp³-hybridized carbons (Fsp3) is 0.333. The minimum atomic E-state index is -0.439. The van der Waals surface area contributed by atoms with Crippen LogP contribution in [0.4, 0.5) is 5.69 Å². The number of hydrogen-bond acceptors (Lipinski definition) is 4. The number of oxazole rings is 1. The second kappa shape index (κ2) is 7.31. The molecule has 1 saturated heterocycles. The molecule has 0 spiro atoms. The molecule has 1 fully saturated rings. The average molecular weight is 365 g/mol. The highest BCUT2D eigenvalue weighted by Crippen LogP contribution is 2.21.